The molecule has 2 heterocycles. The van der Waals surface area contributed by atoms with Crippen LogP contribution in [0.25, 0.3) is 0 Å². The minimum absolute atomic E-state index is 0.135. The zero-order valence-electron chi connectivity index (χ0n) is 11.5. The molecule has 0 radical (unpaired) electrons. The van der Waals surface area contributed by atoms with Gasteiger partial charge in [-0.05, 0) is 31.6 Å². The van der Waals surface area contributed by atoms with Gasteiger partial charge in [0, 0.05) is 26.2 Å². The van der Waals surface area contributed by atoms with Crippen molar-refractivity contribution in [1.29, 1.82) is 0 Å². The average molecular weight is 286 g/mol. The number of aliphatic hydroxyl groups is 1. The summed E-state index contributed by atoms with van der Waals surface area (Å²) in [4.78, 5) is 24.4. The molecule has 0 saturated carbocycles. The number of nitrogens with one attached hydrogen (secondary N) is 1. The smallest absolute Gasteiger partial charge is 0.332 e. The van der Waals surface area contributed by atoms with E-state index in [-0.39, 0.29) is 18.7 Å². The summed E-state index contributed by atoms with van der Waals surface area (Å²) in [5.41, 5.74) is 0. The van der Waals surface area contributed by atoms with Crippen molar-refractivity contribution in [3.63, 3.8) is 0 Å². The zero-order chi connectivity index (χ0) is 14.5. The highest BCUT2D eigenvalue weighted by molar-refractivity contribution is 5.74. The first-order valence-electron chi connectivity index (χ1n) is 7.12. The molecule has 2 unspecified atom stereocenters. The standard InChI is InChI=1S/C13H22N2O5/c16-8-9-3-5-15(6-4-9)13(19)14-7-10-1-2-11(20-10)12(17)18/h9-11,16H,1-8H2,(H,14,19)(H,17,18). The summed E-state index contributed by atoms with van der Waals surface area (Å²) >= 11 is 0. The Balaban J connectivity index is 1.67. The van der Waals surface area contributed by atoms with Gasteiger partial charge in [-0.15, -0.1) is 0 Å². The van der Waals surface area contributed by atoms with E-state index in [0.29, 0.717) is 38.4 Å². The van der Waals surface area contributed by atoms with Crippen molar-refractivity contribution in [2.24, 2.45) is 5.92 Å². The molecule has 20 heavy (non-hydrogen) atoms. The normalized spacial score (nSPS) is 27.6. The lowest BCUT2D eigenvalue weighted by Gasteiger charge is -2.31. The third kappa shape index (κ3) is 3.83. The Morgan fingerprint density at radius 3 is 2.45 bits per heavy atom. The number of rotatable bonds is 4. The number of carboxylic acid groups (broad SMARTS) is 1. The third-order valence-electron chi connectivity index (χ3n) is 4.02. The number of aliphatic carboxylic acids is 1. The second kappa shape index (κ2) is 6.90. The fourth-order valence-corrected chi connectivity index (χ4v) is 2.67. The van der Waals surface area contributed by atoms with Gasteiger partial charge in [-0.2, -0.15) is 0 Å². The van der Waals surface area contributed by atoms with Crippen molar-refractivity contribution < 1.29 is 24.5 Å². The van der Waals surface area contributed by atoms with Gasteiger partial charge in [0.2, 0.25) is 0 Å². The van der Waals surface area contributed by atoms with Gasteiger partial charge in [0.15, 0.2) is 6.10 Å². The second-order valence-corrected chi connectivity index (χ2v) is 5.46. The number of piperidine rings is 1. The van der Waals surface area contributed by atoms with E-state index in [9.17, 15) is 9.59 Å². The molecule has 0 spiro atoms. The monoisotopic (exact) mass is 286 g/mol. The molecular formula is C13H22N2O5. The van der Waals surface area contributed by atoms with Crippen molar-refractivity contribution in [1.82, 2.24) is 10.2 Å². The van der Waals surface area contributed by atoms with Gasteiger partial charge in [-0.3, -0.25) is 0 Å². The molecule has 0 aromatic carbocycles. The Labute approximate surface area is 117 Å². The van der Waals surface area contributed by atoms with Crippen LogP contribution in [0.4, 0.5) is 4.79 Å². The van der Waals surface area contributed by atoms with Gasteiger partial charge in [0.05, 0.1) is 6.10 Å². The lowest BCUT2D eigenvalue weighted by Crippen LogP contribution is -2.46. The number of aliphatic hydroxyl groups excluding tert-OH is 1. The molecule has 2 fully saturated rings. The van der Waals surface area contributed by atoms with E-state index in [1.807, 2.05) is 0 Å². The van der Waals surface area contributed by atoms with Gasteiger partial charge in [0.1, 0.15) is 0 Å². The molecule has 7 heteroatoms. The summed E-state index contributed by atoms with van der Waals surface area (Å²) in [5, 5.41) is 20.7. The van der Waals surface area contributed by atoms with Crippen LogP contribution in [0, 0.1) is 5.92 Å². The molecule has 0 aromatic rings. The number of urea groups is 1. The van der Waals surface area contributed by atoms with Crippen LogP contribution < -0.4 is 5.32 Å². The summed E-state index contributed by atoms with van der Waals surface area (Å²) in [6, 6.07) is -0.135. The molecular weight excluding hydrogens is 264 g/mol. The van der Waals surface area contributed by atoms with Crippen LogP contribution in [0.1, 0.15) is 25.7 Å². The van der Waals surface area contributed by atoms with Crippen molar-refractivity contribution in [2.75, 3.05) is 26.2 Å². The van der Waals surface area contributed by atoms with Crippen LogP contribution in [0.15, 0.2) is 0 Å². The number of carbonyl (C=O) groups excluding carboxylic acids is 1. The maximum Gasteiger partial charge on any atom is 0.332 e. The number of hydrogen-bond donors (Lipinski definition) is 3. The summed E-state index contributed by atoms with van der Waals surface area (Å²) < 4.78 is 5.33. The van der Waals surface area contributed by atoms with E-state index in [1.54, 1.807) is 4.90 Å². The summed E-state index contributed by atoms with van der Waals surface area (Å²) in [6.07, 6.45) is 1.85. The number of carboxylic acids is 1. The van der Waals surface area contributed by atoms with E-state index in [2.05, 4.69) is 5.32 Å². The Bertz CT molecular complexity index is 355. The highest BCUT2D eigenvalue weighted by atomic mass is 16.5. The third-order valence-corrected chi connectivity index (χ3v) is 4.02. The van der Waals surface area contributed by atoms with Crippen LogP contribution in [0.3, 0.4) is 0 Å². The maximum atomic E-state index is 11.9. The second-order valence-electron chi connectivity index (χ2n) is 5.46. The Kier molecular flexibility index (Phi) is 5.19. The molecule has 114 valence electrons. The molecule has 2 aliphatic rings. The molecule has 3 N–H and O–H groups in total. The first-order valence-corrected chi connectivity index (χ1v) is 7.12. The van der Waals surface area contributed by atoms with Gasteiger partial charge in [-0.25, -0.2) is 9.59 Å². The fourth-order valence-electron chi connectivity index (χ4n) is 2.67. The molecule has 2 atom stereocenters. The van der Waals surface area contributed by atoms with E-state index >= 15 is 0 Å². The number of amides is 2. The highest BCUT2D eigenvalue weighted by Gasteiger charge is 2.31. The fraction of sp³-hybridized carbons (Fsp3) is 0.846. The predicted molar refractivity (Wildman–Crippen MR) is 70.3 cm³/mol. The van der Waals surface area contributed by atoms with E-state index in [0.717, 1.165) is 12.8 Å². The Morgan fingerprint density at radius 2 is 1.90 bits per heavy atom. The van der Waals surface area contributed by atoms with E-state index in [4.69, 9.17) is 14.9 Å². The average Bonchev–Trinajstić information content (AvgIpc) is 2.94. The minimum atomic E-state index is -0.940. The number of hydrogen-bond acceptors (Lipinski definition) is 4. The van der Waals surface area contributed by atoms with Crippen LogP contribution in [-0.4, -0.2) is 65.6 Å². The van der Waals surface area contributed by atoms with Gasteiger partial charge in [0.25, 0.3) is 0 Å². The molecule has 2 saturated heterocycles. The first kappa shape index (κ1) is 15.1. The number of carbonyl (C=O) groups is 2. The lowest BCUT2D eigenvalue weighted by atomic mass is 9.98. The molecule has 0 aromatic heterocycles. The topological polar surface area (TPSA) is 99.1 Å². The van der Waals surface area contributed by atoms with Crippen molar-refractivity contribution in [3.05, 3.63) is 0 Å². The van der Waals surface area contributed by atoms with Crippen molar-refractivity contribution in [2.45, 2.75) is 37.9 Å². The molecule has 7 nitrogen and oxygen atoms in total. The lowest BCUT2D eigenvalue weighted by molar-refractivity contribution is -0.149. The first-order chi connectivity index (χ1) is 9.60. The van der Waals surface area contributed by atoms with E-state index < -0.39 is 12.1 Å². The number of likely N-dealkylation sites (tertiary alicyclic amines) is 1. The molecule has 0 bridgehead atoms. The number of nitrogens with zero attached hydrogens (tertiary/aromatic N) is 1. The van der Waals surface area contributed by atoms with Crippen LogP contribution in [0.2, 0.25) is 0 Å². The van der Waals surface area contributed by atoms with Crippen LogP contribution >= 0.6 is 0 Å². The summed E-state index contributed by atoms with van der Waals surface area (Å²) in [6.45, 7) is 1.84. The van der Waals surface area contributed by atoms with Crippen LogP contribution in [-0.2, 0) is 9.53 Å². The predicted octanol–water partition coefficient (Wildman–Crippen LogP) is 0.0325. The van der Waals surface area contributed by atoms with Crippen molar-refractivity contribution in [3.8, 4) is 0 Å². The van der Waals surface area contributed by atoms with Gasteiger partial charge in [-0.1, -0.05) is 0 Å². The molecule has 0 aliphatic carbocycles. The van der Waals surface area contributed by atoms with Gasteiger partial charge < -0.3 is 25.2 Å². The Morgan fingerprint density at radius 1 is 1.20 bits per heavy atom. The minimum Gasteiger partial charge on any atom is -0.479 e. The molecule has 2 amide bonds. The quantitative estimate of drug-likeness (QED) is 0.677. The Hall–Kier alpha value is -1.34. The largest absolute Gasteiger partial charge is 0.479 e. The van der Waals surface area contributed by atoms with Gasteiger partial charge >= 0.3 is 12.0 Å². The highest BCUT2D eigenvalue weighted by Crippen LogP contribution is 2.20. The van der Waals surface area contributed by atoms with Crippen LogP contribution in [0.5, 0.6) is 0 Å². The summed E-state index contributed by atoms with van der Waals surface area (Å²) in [5.74, 6) is -0.640. The maximum absolute atomic E-state index is 11.9. The van der Waals surface area contributed by atoms with E-state index in [1.165, 1.54) is 0 Å². The number of ether oxygens (including phenoxy) is 1. The SMILES string of the molecule is O=C(O)C1CCC(CNC(=O)N2CCC(CO)CC2)O1. The molecule has 2 aliphatic heterocycles. The zero-order valence-corrected chi connectivity index (χ0v) is 11.5. The summed E-state index contributed by atoms with van der Waals surface area (Å²) in [7, 11) is 0. The molecule has 2 rings (SSSR count). The van der Waals surface area contributed by atoms with Crippen molar-refractivity contribution >= 4 is 12.0 Å².